The van der Waals surface area contributed by atoms with Crippen molar-refractivity contribution >= 4 is 10.9 Å². The molecule has 0 amide bonds. The second kappa shape index (κ2) is 3.90. The SMILES string of the molecule is c1ccc2[nH]c(CC34CC5CC(CC(C5)C3)C4)cc2c1. The zero-order valence-corrected chi connectivity index (χ0v) is 12.1. The maximum absolute atomic E-state index is 3.67. The minimum Gasteiger partial charge on any atom is -0.358 e. The number of hydrogen-bond acceptors (Lipinski definition) is 0. The van der Waals surface area contributed by atoms with Crippen LogP contribution in [-0.2, 0) is 6.42 Å². The summed E-state index contributed by atoms with van der Waals surface area (Å²) >= 11 is 0. The Hall–Kier alpha value is -1.24. The van der Waals surface area contributed by atoms with Crippen LogP contribution in [0.25, 0.3) is 10.9 Å². The van der Waals surface area contributed by atoms with Crippen molar-refractivity contribution in [3.05, 3.63) is 36.0 Å². The number of para-hydroxylation sites is 1. The zero-order chi connectivity index (χ0) is 13.2. The quantitative estimate of drug-likeness (QED) is 0.792. The Balaban J connectivity index is 1.48. The van der Waals surface area contributed by atoms with E-state index in [0.29, 0.717) is 5.41 Å². The fourth-order valence-corrected chi connectivity index (χ4v) is 6.14. The lowest BCUT2D eigenvalue weighted by Crippen LogP contribution is -2.47. The molecule has 4 bridgehead atoms. The van der Waals surface area contributed by atoms with Gasteiger partial charge in [-0.3, -0.25) is 0 Å². The van der Waals surface area contributed by atoms with Gasteiger partial charge >= 0.3 is 0 Å². The van der Waals surface area contributed by atoms with Gasteiger partial charge < -0.3 is 4.98 Å². The first-order chi connectivity index (χ1) is 9.78. The second-order valence-electron chi connectivity index (χ2n) is 7.98. The third-order valence-corrected chi connectivity index (χ3v) is 6.32. The van der Waals surface area contributed by atoms with Gasteiger partial charge in [-0.15, -0.1) is 0 Å². The normalized spacial score (nSPS) is 38.7. The molecule has 0 aliphatic heterocycles. The van der Waals surface area contributed by atoms with Gasteiger partial charge in [-0.25, -0.2) is 0 Å². The molecule has 1 aromatic heterocycles. The van der Waals surface area contributed by atoms with E-state index in [1.54, 1.807) is 19.3 Å². The lowest BCUT2D eigenvalue weighted by atomic mass is 9.48. The Kier molecular flexibility index (Phi) is 2.23. The van der Waals surface area contributed by atoms with Crippen LogP contribution >= 0.6 is 0 Å². The Morgan fingerprint density at radius 3 is 2.25 bits per heavy atom. The Bertz CT molecular complexity index is 582. The molecule has 6 rings (SSSR count). The van der Waals surface area contributed by atoms with Crippen molar-refractivity contribution in [3.8, 4) is 0 Å². The van der Waals surface area contributed by atoms with E-state index in [1.165, 1.54) is 42.3 Å². The molecule has 2 aromatic rings. The van der Waals surface area contributed by atoms with Gasteiger partial charge in [0.15, 0.2) is 0 Å². The predicted octanol–water partition coefficient (Wildman–Crippen LogP) is 4.93. The fraction of sp³-hybridized carbons (Fsp3) is 0.579. The van der Waals surface area contributed by atoms with Crippen molar-refractivity contribution in [1.82, 2.24) is 4.98 Å². The number of rotatable bonds is 2. The Morgan fingerprint density at radius 1 is 0.950 bits per heavy atom. The van der Waals surface area contributed by atoms with E-state index in [9.17, 15) is 0 Å². The summed E-state index contributed by atoms with van der Waals surface area (Å²) in [5, 5.41) is 1.38. The number of H-pyrrole nitrogens is 1. The first-order valence-electron chi connectivity index (χ1n) is 8.35. The highest BCUT2D eigenvalue weighted by Crippen LogP contribution is 2.61. The van der Waals surface area contributed by atoms with Crippen LogP contribution in [0.4, 0.5) is 0 Å². The molecule has 1 heterocycles. The number of hydrogen-bond donors (Lipinski definition) is 1. The highest BCUT2D eigenvalue weighted by molar-refractivity contribution is 5.80. The number of aromatic amines is 1. The lowest BCUT2D eigenvalue weighted by molar-refractivity contribution is -0.0525. The molecule has 0 saturated heterocycles. The molecule has 4 aliphatic carbocycles. The highest BCUT2D eigenvalue weighted by atomic mass is 14.7. The van der Waals surface area contributed by atoms with E-state index in [-0.39, 0.29) is 0 Å². The van der Waals surface area contributed by atoms with Crippen molar-refractivity contribution in [2.75, 3.05) is 0 Å². The van der Waals surface area contributed by atoms with Gasteiger partial charge in [-0.1, -0.05) is 18.2 Å². The summed E-state index contributed by atoms with van der Waals surface area (Å²) in [6.07, 6.45) is 10.5. The summed E-state index contributed by atoms with van der Waals surface area (Å²) in [4.78, 5) is 3.67. The van der Waals surface area contributed by atoms with E-state index in [4.69, 9.17) is 0 Å². The highest BCUT2D eigenvalue weighted by Gasteiger charge is 2.50. The topological polar surface area (TPSA) is 15.8 Å². The molecule has 0 spiro atoms. The van der Waals surface area contributed by atoms with Gasteiger partial charge in [0.1, 0.15) is 0 Å². The van der Waals surface area contributed by atoms with Gasteiger partial charge in [0, 0.05) is 11.2 Å². The molecule has 4 aliphatic rings. The predicted molar refractivity (Wildman–Crippen MR) is 82.6 cm³/mol. The summed E-state index contributed by atoms with van der Waals surface area (Å²) in [6.45, 7) is 0. The summed E-state index contributed by atoms with van der Waals surface area (Å²) in [5.74, 6) is 3.18. The van der Waals surface area contributed by atoms with Crippen LogP contribution in [0.2, 0.25) is 0 Å². The van der Waals surface area contributed by atoms with Crippen molar-refractivity contribution in [2.24, 2.45) is 23.2 Å². The molecule has 1 heteroatoms. The molecule has 104 valence electrons. The van der Waals surface area contributed by atoms with Crippen molar-refractivity contribution < 1.29 is 0 Å². The van der Waals surface area contributed by atoms with Crippen molar-refractivity contribution in [3.63, 3.8) is 0 Å². The molecule has 4 saturated carbocycles. The van der Waals surface area contributed by atoms with Crippen LogP contribution in [0.15, 0.2) is 30.3 Å². The van der Waals surface area contributed by atoms with Crippen molar-refractivity contribution in [1.29, 1.82) is 0 Å². The van der Waals surface area contributed by atoms with Crippen LogP contribution < -0.4 is 0 Å². The molecular weight excluding hydrogens is 242 g/mol. The van der Waals surface area contributed by atoms with Gasteiger partial charge in [0.05, 0.1) is 0 Å². The molecule has 20 heavy (non-hydrogen) atoms. The number of aromatic nitrogens is 1. The third-order valence-electron chi connectivity index (χ3n) is 6.32. The molecule has 0 atom stereocenters. The number of nitrogens with one attached hydrogen (secondary N) is 1. The van der Waals surface area contributed by atoms with E-state index >= 15 is 0 Å². The maximum Gasteiger partial charge on any atom is 0.0456 e. The molecule has 0 unspecified atom stereocenters. The standard InChI is InChI=1S/C19H23N/c1-2-4-18-16(3-1)8-17(20-18)12-19-9-13-5-14(10-19)7-15(6-13)11-19/h1-4,8,13-15,20H,5-7,9-12H2. The van der Waals surface area contributed by atoms with Crippen LogP contribution in [0.3, 0.4) is 0 Å². The third kappa shape index (κ3) is 1.68. The molecule has 1 nitrogen and oxygen atoms in total. The molecule has 1 aromatic carbocycles. The largest absolute Gasteiger partial charge is 0.358 e. The number of fused-ring (bicyclic) bond motifs is 1. The van der Waals surface area contributed by atoms with Crippen LogP contribution in [0.1, 0.15) is 44.2 Å². The van der Waals surface area contributed by atoms with Gasteiger partial charge in [-0.05, 0) is 85.6 Å². The molecule has 0 radical (unpaired) electrons. The van der Waals surface area contributed by atoms with Crippen LogP contribution in [0.5, 0.6) is 0 Å². The first kappa shape index (κ1) is 11.4. The van der Waals surface area contributed by atoms with Crippen molar-refractivity contribution in [2.45, 2.75) is 44.9 Å². The lowest BCUT2D eigenvalue weighted by Gasteiger charge is -2.57. The molecular formula is C19H23N. The van der Waals surface area contributed by atoms with Gasteiger partial charge in [-0.2, -0.15) is 0 Å². The van der Waals surface area contributed by atoms with E-state index in [1.807, 2.05) is 0 Å². The average Bonchev–Trinajstić information content (AvgIpc) is 2.77. The van der Waals surface area contributed by atoms with E-state index in [0.717, 1.165) is 17.8 Å². The number of benzene rings is 1. The fourth-order valence-electron chi connectivity index (χ4n) is 6.14. The maximum atomic E-state index is 3.67. The monoisotopic (exact) mass is 265 g/mol. The summed E-state index contributed by atoms with van der Waals surface area (Å²) in [6, 6.07) is 11.1. The average molecular weight is 265 g/mol. The Morgan fingerprint density at radius 2 is 1.60 bits per heavy atom. The smallest absolute Gasteiger partial charge is 0.0456 e. The summed E-state index contributed by atoms with van der Waals surface area (Å²) in [5.41, 5.74) is 3.44. The van der Waals surface area contributed by atoms with Crippen LogP contribution in [0, 0.1) is 23.2 Å². The zero-order valence-electron chi connectivity index (χ0n) is 12.1. The van der Waals surface area contributed by atoms with E-state index in [2.05, 4.69) is 35.3 Å². The minimum absolute atomic E-state index is 0.648. The summed E-state index contributed by atoms with van der Waals surface area (Å²) in [7, 11) is 0. The second-order valence-corrected chi connectivity index (χ2v) is 7.98. The first-order valence-corrected chi connectivity index (χ1v) is 8.35. The molecule has 4 fully saturated rings. The minimum atomic E-state index is 0.648. The van der Waals surface area contributed by atoms with Gasteiger partial charge in [0.25, 0.3) is 0 Å². The van der Waals surface area contributed by atoms with E-state index < -0.39 is 0 Å². The van der Waals surface area contributed by atoms with Gasteiger partial charge in [0.2, 0.25) is 0 Å². The summed E-state index contributed by atoms with van der Waals surface area (Å²) < 4.78 is 0. The Labute approximate surface area is 120 Å². The molecule has 1 N–H and O–H groups in total. The van der Waals surface area contributed by atoms with Crippen LogP contribution in [-0.4, -0.2) is 4.98 Å².